The van der Waals surface area contributed by atoms with E-state index < -0.39 is 0 Å². The zero-order valence-corrected chi connectivity index (χ0v) is 12.2. The van der Waals surface area contributed by atoms with Gasteiger partial charge in [0.2, 0.25) is 0 Å². The van der Waals surface area contributed by atoms with Crippen molar-refractivity contribution in [3.63, 3.8) is 0 Å². The molecule has 0 heterocycles. The lowest BCUT2D eigenvalue weighted by molar-refractivity contribution is 0.625. The zero-order valence-electron chi connectivity index (χ0n) is 11.4. The van der Waals surface area contributed by atoms with Crippen LogP contribution in [0, 0.1) is 11.3 Å². The molecule has 0 aliphatic carbocycles. The molecule has 0 saturated heterocycles. The molecule has 0 atom stereocenters. The third kappa shape index (κ3) is 3.92. The molecule has 0 spiro atoms. The van der Waals surface area contributed by atoms with Gasteiger partial charge in [-0.15, -0.1) is 0 Å². The number of nitriles is 1. The SMILES string of the molecule is CCCCCN(c1cc(Cl)ccc1C#N)C(C)C. The van der Waals surface area contributed by atoms with E-state index in [-0.39, 0.29) is 0 Å². The quantitative estimate of drug-likeness (QED) is 0.701. The summed E-state index contributed by atoms with van der Waals surface area (Å²) < 4.78 is 0. The standard InChI is InChI=1S/C15H21ClN2/c1-4-5-6-9-18(12(2)3)15-10-14(16)8-7-13(15)11-17/h7-8,10,12H,4-6,9H2,1-3H3. The molecule has 0 aliphatic rings. The smallest absolute Gasteiger partial charge is 0.101 e. The van der Waals surface area contributed by atoms with Crippen LogP contribution in [0.5, 0.6) is 0 Å². The number of nitrogens with zero attached hydrogens (tertiary/aromatic N) is 2. The van der Waals surface area contributed by atoms with Gasteiger partial charge in [-0.1, -0.05) is 31.4 Å². The van der Waals surface area contributed by atoms with Crippen molar-refractivity contribution in [3.05, 3.63) is 28.8 Å². The van der Waals surface area contributed by atoms with Crippen LogP contribution in [0.1, 0.15) is 45.6 Å². The Balaban J connectivity index is 2.98. The molecule has 0 N–H and O–H groups in total. The molecule has 0 radical (unpaired) electrons. The Bertz CT molecular complexity index is 421. The Labute approximate surface area is 115 Å². The first-order chi connectivity index (χ1) is 8.60. The van der Waals surface area contributed by atoms with E-state index in [1.807, 2.05) is 6.07 Å². The van der Waals surface area contributed by atoms with Crippen LogP contribution >= 0.6 is 11.6 Å². The molecule has 0 bridgehead atoms. The maximum absolute atomic E-state index is 9.19. The zero-order chi connectivity index (χ0) is 13.5. The highest BCUT2D eigenvalue weighted by molar-refractivity contribution is 6.30. The van der Waals surface area contributed by atoms with E-state index in [1.165, 1.54) is 12.8 Å². The van der Waals surface area contributed by atoms with Crippen molar-refractivity contribution in [2.24, 2.45) is 0 Å². The van der Waals surface area contributed by atoms with Crippen LogP contribution in [0.4, 0.5) is 5.69 Å². The van der Waals surface area contributed by atoms with Crippen LogP contribution in [0.2, 0.25) is 5.02 Å². The maximum Gasteiger partial charge on any atom is 0.101 e. The molecule has 0 aliphatic heterocycles. The number of rotatable bonds is 6. The topological polar surface area (TPSA) is 27.0 Å². The van der Waals surface area contributed by atoms with Gasteiger partial charge in [-0.05, 0) is 38.5 Å². The molecular formula is C15H21ClN2. The van der Waals surface area contributed by atoms with Crippen molar-refractivity contribution in [2.75, 3.05) is 11.4 Å². The molecule has 18 heavy (non-hydrogen) atoms. The fraction of sp³-hybridized carbons (Fsp3) is 0.533. The second-order valence-corrected chi connectivity index (χ2v) is 5.20. The van der Waals surface area contributed by atoms with Gasteiger partial charge in [0, 0.05) is 17.6 Å². The number of unbranched alkanes of at least 4 members (excludes halogenated alkanes) is 2. The minimum absolute atomic E-state index is 0.368. The molecule has 1 aromatic rings. The molecule has 0 unspecified atom stereocenters. The summed E-state index contributed by atoms with van der Waals surface area (Å²) in [5, 5.41) is 9.88. The van der Waals surface area contributed by atoms with Crippen molar-refractivity contribution in [2.45, 2.75) is 46.1 Å². The Morgan fingerprint density at radius 2 is 2.06 bits per heavy atom. The Morgan fingerprint density at radius 3 is 2.61 bits per heavy atom. The van der Waals surface area contributed by atoms with Gasteiger partial charge in [0.1, 0.15) is 6.07 Å². The molecular weight excluding hydrogens is 244 g/mol. The van der Waals surface area contributed by atoms with Crippen LogP contribution < -0.4 is 4.90 Å². The number of halogens is 1. The summed E-state index contributed by atoms with van der Waals surface area (Å²) in [5.41, 5.74) is 1.65. The molecule has 1 rings (SSSR count). The van der Waals surface area contributed by atoms with Crippen LogP contribution in [0.3, 0.4) is 0 Å². The lowest BCUT2D eigenvalue weighted by atomic mass is 10.1. The van der Waals surface area contributed by atoms with E-state index in [0.29, 0.717) is 16.6 Å². The fourth-order valence-electron chi connectivity index (χ4n) is 2.03. The number of benzene rings is 1. The molecule has 2 nitrogen and oxygen atoms in total. The van der Waals surface area contributed by atoms with Crippen LogP contribution in [0.25, 0.3) is 0 Å². The minimum Gasteiger partial charge on any atom is -0.368 e. The summed E-state index contributed by atoms with van der Waals surface area (Å²) in [4.78, 5) is 2.26. The molecule has 1 aromatic carbocycles. The van der Waals surface area contributed by atoms with Crippen molar-refractivity contribution >= 4 is 17.3 Å². The third-order valence-electron chi connectivity index (χ3n) is 3.02. The lowest BCUT2D eigenvalue weighted by Crippen LogP contribution is -2.32. The van der Waals surface area contributed by atoms with Gasteiger partial charge in [-0.25, -0.2) is 0 Å². The van der Waals surface area contributed by atoms with Crippen LogP contribution in [0.15, 0.2) is 18.2 Å². The van der Waals surface area contributed by atoms with Crippen molar-refractivity contribution in [1.29, 1.82) is 5.26 Å². The molecule has 0 amide bonds. The van der Waals surface area contributed by atoms with Gasteiger partial charge in [0.15, 0.2) is 0 Å². The van der Waals surface area contributed by atoms with E-state index >= 15 is 0 Å². The Morgan fingerprint density at radius 1 is 1.33 bits per heavy atom. The molecule has 3 heteroatoms. The first-order valence-corrected chi connectivity index (χ1v) is 6.94. The number of hydrogen-bond acceptors (Lipinski definition) is 2. The first kappa shape index (κ1) is 14.9. The van der Waals surface area contributed by atoms with Gasteiger partial charge in [0.25, 0.3) is 0 Å². The van der Waals surface area contributed by atoms with Crippen molar-refractivity contribution in [3.8, 4) is 6.07 Å². The van der Waals surface area contributed by atoms with E-state index in [1.54, 1.807) is 12.1 Å². The second-order valence-electron chi connectivity index (χ2n) is 4.77. The van der Waals surface area contributed by atoms with E-state index in [0.717, 1.165) is 18.7 Å². The summed E-state index contributed by atoms with van der Waals surface area (Å²) in [6.07, 6.45) is 3.56. The minimum atomic E-state index is 0.368. The summed E-state index contributed by atoms with van der Waals surface area (Å²) >= 11 is 6.05. The van der Waals surface area contributed by atoms with Crippen molar-refractivity contribution in [1.82, 2.24) is 0 Å². The van der Waals surface area contributed by atoms with Gasteiger partial charge in [-0.3, -0.25) is 0 Å². The summed E-state index contributed by atoms with van der Waals surface area (Å²) in [6, 6.07) is 8.08. The highest BCUT2D eigenvalue weighted by atomic mass is 35.5. The van der Waals surface area contributed by atoms with Gasteiger partial charge < -0.3 is 4.90 Å². The second kappa shape index (κ2) is 7.28. The fourth-order valence-corrected chi connectivity index (χ4v) is 2.19. The van der Waals surface area contributed by atoms with Gasteiger partial charge in [-0.2, -0.15) is 5.26 Å². The third-order valence-corrected chi connectivity index (χ3v) is 3.25. The molecule has 0 aromatic heterocycles. The molecule has 0 fully saturated rings. The predicted octanol–water partition coefficient (Wildman–Crippen LogP) is 4.62. The maximum atomic E-state index is 9.19. The molecule has 0 saturated carbocycles. The first-order valence-electron chi connectivity index (χ1n) is 6.56. The summed E-state index contributed by atoms with van der Waals surface area (Å²) in [6.45, 7) is 7.46. The monoisotopic (exact) mass is 264 g/mol. The average Bonchev–Trinajstić information content (AvgIpc) is 2.34. The van der Waals surface area contributed by atoms with Crippen LogP contribution in [-0.4, -0.2) is 12.6 Å². The van der Waals surface area contributed by atoms with Gasteiger partial charge >= 0.3 is 0 Å². The Hall–Kier alpha value is -1.20. The lowest BCUT2D eigenvalue weighted by Gasteiger charge is -2.30. The van der Waals surface area contributed by atoms with Crippen LogP contribution in [-0.2, 0) is 0 Å². The largest absolute Gasteiger partial charge is 0.368 e. The van der Waals surface area contributed by atoms with E-state index in [4.69, 9.17) is 11.6 Å². The highest BCUT2D eigenvalue weighted by Crippen LogP contribution is 2.26. The predicted molar refractivity (Wildman–Crippen MR) is 78.2 cm³/mol. The van der Waals surface area contributed by atoms with E-state index in [2.05, 4.69) is 31.7 Å². The normalized spacial score (nSPS) is 10.4. The average molecular weight is 265 g/mol. The number of anilines is 1. The summed E-state index contributed by atoms with van der Waals surface area (Å²) in [5.74, 6) is 0. The Kier molecular flexibility index (Phi) is 6.01. The van der Waals surface area contributed by atoms with Gasteiger partial charge in [0.05, 0.1) is 11.3 Å². The number of hydrogen-bond donors (Lipinski definition) is 0. The summed E-state index contributed by atoms with van der Waals surface area (Å²) in [7, 11) is 0. The van der Waals surface area contributed by atoms with E-state index in [9.17, 15) is 5.26 Å². The molecule has 98 valence electrons. The highest BCUT2D eigenvalue weighted by Gasteiger charge is 2.14. The van der Waals surface area contributed by atoms with Crippen molar-refractivity contribution < 1.29 is 0 Å².